The van der Waals surface area contributed by atoms with Crippen LogP contribution in [0.15, 0.2) is 36.4 Å². The van der Waals surface area contributed by atoms with Crippen LogP contribution in [0.2, 0.25) is 0 Å². The van der Waals surface area contributed by atoms with Crippen molar-refractivity contribution in [3.8, 4) is 11.6 Å². The molecule has 2 saturated heterocycles. The average molecular weight is 671 g/mol. The minimum atomic E-state index is -3.62. The number of sulfonamides is 1. The Balaban J connectivity index is 1.30. The van der Waals surface area contributed by atoms with Gasteiger partial charge < -0.3 is 24.0 Å². The Morgan fingerprint density at radius 2 is 1.72 bits per heavy atom. The number of ether oxygens (including phenoxy) is 2. The maximum absolute atomic E-state index is 13.3. The molecule has 14 heteroatoms. The van der Waals surface area contributed by atoms with Gasteiger partial charge in [0.05, 0.1) is 42.4 Å². The molecule has 2 fully saturated rings. The molecule has 47 heavy (non-hydrogen) atoms. The van der Waals surface area contributed by atoms with Gasteiger partial charge in [-0.05, 0) is 42.1 Å². The number of β-amino-alcohol motifs (C(OH)–C–C–N with tert-alkyl or cyclic N) is 1. The van der Waals surface area contributed by atoms with Crippen molar-refractivity contribution in [2.75, 3.05) is 63.2 Å². The molecule has 0 spiro atoms. The van der Waals surface area contributed by atoms with Crippen molar-refractivity contribution in [2.24, 2.45) is 7.05 Å². The Hall–Kier alpha value is -3.85. The predicted octanol–water partition coefficient (Wildman–Crippen LogP) is 3.18. The molecule has 256 valence electrons. The number of likely N-dealkylation sites (tertiary alicyclic amines) is 1. The molecular formula is C33H46N6O7S. The maximum Gasteiger partial charge on any atom is 0.418 e. The predicted molar refractivity (Wildman–Crippen MR) is 182 cm³/mol. The number of amides is 2. The number of carbonyl (C=O) groups excluding carboxylic acids is 2. The minimum Gasteiger partial charge on any atom is -0.492 e. The fraction of sp³-hybridized carbons (Fsp3) is 0.515. The summed E-state index contributed by atoms with van der Waals surface area (Å²) in [6, 6.07) is 11.0. The number of nitrogens with one attached hydrogen (secondary N) is 2. The van der Waals surface area contributed by atoms with Gasteiger partial charge in [0.2, 0.25) is 21.8 Å². The molecule has 0 saturated carbocycles. The zero-order valence-electron chi connectivity index (χ0n) is 28.2. The summed E-state index contributed by atoms with van der Waals surface area (Å²) in [6.07, 6.45) is 0.315. The molecule has 3 N–H and O–H groups in total. The number of nitrogens with zero attached hydrogens (tertiary/aromatic N) is 4. The van der Waals surface area contributed by atoms with E-state index in [-0.39, 0.29) is 34.5 Å². The Bertz CT molecular complexity index is 1760. The molecule has 1 aromatic heterocycles. The SMILES string of the molecule is COc1c(NC(=O)Oc2cc3cccc(CN4CCN(C(=O)[C@@H]5C[C@@H](O)CN5C)CC4)c3n2C)cc(C(C)(C)C)cc1NS(C)(=O)=O. The van der Waals surface area contributed by atoms with Crippen LogP contribution in [0.4, 0.5) is 16.2 Å². The van der Waals surface area contributed by atoms with Gasteiger partial charge in [-0.15, -0.1) is 0 Å². The first kappa shape index (κ1) is 34.5. The van der Waals surface area contributed by atoms with Gasteiger partial charge in [0.25, 0.3) is 0 Å². The van der Waals surface area contributed by atoms with Crippen LogP contribution < -0.4 is 19.5 Å². The number of piperazine rings is 1. The first-order chi connectivity index (χ1) is 22.0. The number of fused-ring (bicyclic) bond motifs is 1. The molecule has 0 aliphatic carbocycles. The van der Waals surface area contributed by atoms with E-state index in [9.17, 15) is 23.1 Å². The topological polar surface area (TPSA) is 146 Å². The Labute approximate surface area is 276 Å². The lowest BCUT2D eigenvalue weighted by atomic mass is 9.86. The van der Waals surface area contributed by atoms with Crippen LogP contribution in [0.3, 0.4) is 0 Å². The van der Waals surface area contributed by atoms with E-state index >= 15 is 0 Å². The molecule has 2 aliphatic rings. The lowest BCUT2D eigenvalue weighted by molar-refractivity contribution is -0.137. The number of benzene rings is 2. The second kappa shape index (κ2) is 13.3. The van der Waals surface area contributed by atoms with Crippen LogP contribution in [-0.2, 0) is 33.8 Å². The zero-order chi connectivity index (χ0) is 34.3. The number of anilines is 2. The molecule has 2 amide bonds. The third-order valence-corrected chi connectivity index (χ3v) is 9.46. The van der Waals surface area contributed by atoms with Crippen molar-refractivity contribution in [1.82, 2.24) is 19.3 Å². The molecule has 3 heterocycles. The highest BCUT2D eigenvalue weighted by Gasteiger charge is 2.37. The van der Waals surface area contributed by atoms with Gasteiger partial charge in [0, 0.05) is 57.8 Å². The average Bonchev–Trinajstić information content (AvgIpc) is 3.49. The third-order valence-electron chi connectivity index (χ3n) is 8.87. The van der Waals surface area contributed by atoms with Crippen molar-refractivity contribution in [3.05, 3.63) is 47.5 Å². The highest BCUT2D eigenvalue weighted by Crippen LogP contribution is 2.39. The number of hydrogen-bond acceptors (Lipinski definition) is 9. The number of carbonyl (C=O) groups is 2. The van der Waals surface area contributed by atoms with Gasteiger partial charge >= 0.3 is 6.09 Å². The summed E-state index contributed by atoms with van der Waals surface area (Å²) >= 11 is 0. The Morgan fingerprint density at radius 3 is 2.32 bits per heavy atom. The fourth-order valence-electron chi connectivity index (χ4n) is 6.42. The standard InChI is InChI=1S/C33H46N6O7S/c1-33(2,3)23-16-25(30(45-6)26(17-23)35-47(7,43)44)34-32(42)46-28-15-21-9-8-10-22(29(21)37(28)5)19-38-11-13-39(14-12-38)31(41)27-18-24(40)20-36(27)4/h8-10,15-17,24,27,35,40H,11-14,18-20H2,1-7H3,(H,34,42)/t24-,27+/m1/s1. The first-order valence-electron chi connectivity index (χ1n) is 15.7. The van der Waals surface area contributed by atoms with Crippen LogP contribution in [0.5, 0.6) is 11.6 Å². The summed E-state index contributed by atoms with van der Waals surface area (Å²) in [6.45, 7) is 9.83. The third kappa shape index (κ3) is 7.83. The van der Waals surface area contributed by atoms with E-state index in [4.69, 9.17) is 9.47 Å². The van der Waals surface area contributed by atoms with E-state index in [0.717, 1.165) is 41.4 Å². The van der Waals surface area contributed by atoms with Crippen molar-refractivity contribution < 1.29 is 32.6 Å². The van der Waals surface area contributed by atoms with Gasteiger partial charge in [-0.3, -0.25) is 24.6 Å². The second-order valence-corrected chi connectivity index (χ2v) is 15.3. The maximum atomic E-state index is 13.3. The number of methoxy groups -OCH3 is 1. The van der Waals surface area contributed by atoms with Crippen LogP contribution in [-0.4, -0.2) is 110 Å². The van der Waals surface area contributed by atoms with Crippen molar-refractivity contribution in [1.29, 1.82) is 0 Å². The molecule has 2 atom stereocenters. The van der Waals surface area contributed by atoms with Crippen molar-refractivity contribution in [2.45, 2.75) is 51.3 Å². The van der Waals surface area contributed by atoms with E-state index in [1.54, 1.807) is 18.2 Å². The number of likely N-dealkylation sites (N-methyl/N-ethyl adjacent to an activating group) is 1. The summed E-state index contributed by atoms with van der Waals surface area (Å²) in [5, 5.41) is 13.6. The minimum absolute atomic E-state index is 0.0824. The van der Waals surface area contributed by atoms with E-state index in [1.165, 1.54) is 7.11 Å². The van der Waals surface area contributed by atoms with Crippen LogP contribution in [0, 0.1) is 0 Å². The van der Waals surface area contributed by atoms with E-state index in [0.29, 0.717) is 38.5 Å². The number of aliphatic hydroxyl groups excluding tert-OH is 1. The summed E-state index contributed by atoms with van der Waals surface area (Å²) in [4.78, 5) is 32.5. The first-order valence-corrected chi connectivity index (χ1v) is 17.6. The highest BCUT2D eigenvalue weighted by molar-refractivity contribution is 7.92. The largest absolute Gasteiger partial charge is 0.492 e. The van der Waals surface area contributed by atoms with Crippen LogP contribution in [0.25, 0.3) is 10.9 Å². The quantitative estimate of drug-likeness (QED) is 0.329. The monoisotopic (exact) mass is 670 g/mol. The lowest BCUT2D eigenvalue weighted by Gasteiger charge is -2.37. The van der Waals surface area contributed by atoms with Crippen LogP contribution in [0.1, 0.15) is 38.3 Å². The number of aryl methyl sites for hydroxylation is 1. The number of para-hydroxylation sites is 1. The molecular weight excluding hydrogens is 624 g/mol. The van der Waals surface area contributed by atoms with Gasteiger partial charge in [-0.25, -0.2) is 13.2 Å². The Kier molecular flexibility index (Phi) is 9.79. The number of rotatable bonds is 8. The molecule has 13 nitrogen and oxygen atoms in total. The summed E-state index contributed by atoms with van der Waals surface area (Å²) in [7, 11) is 1.50. The summed E-state index contributed by atoms with van der Waals surface area (Å²) in [5.74, 6) is 0.581. The Morgan fingerprint density at radius 1 is 1.04 bits per heavy atom. The number of aromatic nitrogens is 1. The molecule has 5 rings (SSSR count). The molecule has 3 aromatic rings. The molecule has 0 radical (unpaired) electrons. The normalized spacial score (nSPS) is 19.6. The van der Waals surface area contributed by atoms with E-state index in [1.807, 2.05) is 61.4 Å². The molecule has 2 aromatic carbocycles. The number of aliphatic hydroxyl groups is 1. The molecule has 2 aliphatic heterocycles. The highest BCUT2D eigenvalue weighted by atomic mass is 32.2. The van der Waals surface area contributed by atoms with E-state index in [2.05, 4.69) is 21.0 Å². The van der Waals surface area contributed by atoms with Gasteiger partial charge in [-0.2, -0.15) is 0 Å². The smallest absolute Gasteiger partial charge is 0.418 e. The zero-order valence-corrected chi connectivity index (χ0v) is 29.0. The van der Waals surface area contributed by atoms with Crippen molar-refractivity contribution >= 4 is 44.3 Å². The second-order valence-electron chi connectivity index (χ2n) is 13.6. The van der Waals surface area contributed by atoms with Gasteiger partial charge in [0.1, 0.15) is 0 Å². The number of hydrogen-bond donors (Lipinski definition) is 3. The summed E-state index contributed by atoms with van der Waals surface area (Å²) in [5.41, 5.74) is 2.90. The lowest BCUT2D eigenvalue weighted by Crippen LogP contribution is -2.52. The molecule has 0 bridgehead atoms. The molecule has 0 unspecified atom stereocenters. The fourth-order valence-corrected chi connectivity index (χ4v) is 6.97. The van der Waals surface area contributed by atoms with Gasteiger partial charge in [0.15, 0.2) is 5.75 Å². The van der Waals surface area contributed by atoms with Crippen molar-refractivity contribution in [3.63, 3.8) is 0 Å². The van der Waals surface area contributed by atoms with Gasteiger partial charge in [-0.1, -0.05) is 39.0 Å². The van der Waals surface area contributed by atoms with Crippen LogP contribution >= 0.6 is 0 Å². The van der Waals surface area contributed by atoms with E-state index < -0.39 is 22.2 Å². The summed E-state index contributed by atoms with van der Waals surface area (Å²) < 4.78 is 39.8.